The van der Waals surface area contributed by atoms with Crippen LogP contribution in [0.3, 0.4) is 0 Å². The molecule has 14 heavy (non-hydrogen) atoms. The summed E-state index contributed by atoms with van der Waals surface area (Å²) in [4.78, 5) is 1.34. The molecule has 2 rings (SSSR count). The lowest BCUT2D eigenvalue weighted by Gasteiger charge is -2.25. The quantitative estimate of drug-likeness (QED) is 0.664. The number of rotatable bonds is 2. The maximum atomic E-state index is 3.35. The number of nitrogens with one attached hydrogen (secondary N) is 1. The van der Waals surface area contributed by atoms with Crippen molar-refractivity contribution in [3.8, 4) is 0 Å². The van der Waals surface area contributed by atoms with E-state index in [1.165, 1.54) is 8.47 Å². The van der Waals surface area contributed by atoms with Gasteiger partial charge in [0.25, 0.3) is 0 Å². The topological polar surface area (TPSA) is 15.3 Å². The van der Waals surface area contributed by atoms with Gasteiger partial charge in [-0.3, -0.25) is 0 Å². The molecule has 2 nitrogen and oxygen atoms in total. The molecular weight excluding hydrogens is 307 g/mol. The van der Waals surface area contributed by atoms with Crippen LogP contribution in [0.1, 0.15) is 0 Å². The molecule has 1 aliphatic heterocycles. The number of hydrogen-bond acceptors (Lipinski definition) is 3. The van der Waals surface area contributed by atoms with E-state index < -0.39 is 0 Å². The molecule has 0 amide bonds. The van der Waals surface area contributed by atoms with E-state index in [1.807, 2.05) is 11.9 Å². The fourth-order valence-corrected chi connectivity index (χ4v) is 2.66. The van der Waals surface area contributed by atoms with Gasteiger partial charge in [0.2, 0.25) is 0 Å². The molecule has 0 radical (unpaired) electrons. The second-order valence-electron chi connectivity index (χ2n) is 3.22. The molecule has 0 bridgehead atoms. The highest BCUT2D eigenvalue weighted by atomic mass is 127. The Morgan fingerprint density at radius 3 is 2.43 bits per heavy atom. The molecule has 1 fully saturated rings. The summed E-state index contributed by atoms with van der Waals surface area (Å²) < 4.78 is 3.71. The Bertz CT molecular complexity index is 283. The van der Waals surface area contributed by atoms with E-state index in [9.17, 15) is 0 Å². The molecule has 0 aliphatic carbocycles. The lowest BCUT2D eigenvalue weighted by molar-refractivity contribution is 0.396. The zero-order valence-electron chi connectivity index (χ0n) is 7.87. The van der Waals surface area contributed by atoms with Gasteiger partial charge in [-0.25, -0.2) is 4.31 Å². The zero-order valence-corrected chi connectivity index (χ0v) is 10.8. The highest BCUT2D eigenvalue weighted by molar-refractivity contribution is 14.1. The number of benzene rings is 1. The molecule has 76 valence electrons. The summed E-state index contributed by atoms with van der Waals surface area (Å²) in [5.41, 5.74) is 0. The van der Waals surface area contributed by atoms with E-state index in [0.29, 0.717) is 0 Å². The zero-order chi connectivity index (χ0) is 9.80. The Balaban J connectivity index is 1.92. The summed E-state index contributed by atoms with van der Waals surface area (Å²) in [6.07, 6.45) is 0. The molecule has 1 saturated heterocycles. The number of nitrogens with zero attached hydrogens (tertiary/aromatic N) is 1. The SMILES string of the molecule is Ic1ccc(SN2CCNCC2)cc1. The number of hydrogen-bond donors (Lipinski definition) is 1. The normalized spacial score (nSPS) is 18.4. The smallest absolute Gasteiger partial charge is 0.0231 e. The third kappa shape index (κ3) is 3.12. The van der Waals surface area contributed by atoms with Crippen LogP contribution >= 0.6 is 34.5 Å². The van der Waals surface area contributed by atoms with E-state index in [2.05, 4.69) is 56.5 Å². The van der Waals surface area contributed by atoms with Gasteiger partial charge in [0.15, 0.2) is 0 Å². The highest BCUT2D eigenvalue weighted by Gasteiger charge is 2.10. The Hall–Kier alpha value is 0.220. The molecular formula is C10H13IN2S. The van der Waals surface area contributed by atoms with Crippen molar-refractivity contribution in [3.63, 3.8) is 0 Å². The standard InChI is InChI=1S/C10H13IN2S/c11-9-1-3-10(4-2-9)14-13-7-5-12-6-8-13/h1-4,12H,5-8H2. The van der Waals surface area contributed by atoms with Crippen molar-refractivity contribution < 1.29 is 0 Å². The van der Waals surface area contributed by atoms with Crippen LogP contribution in [0.25, 0.3) is 0 Å². The first-order valence-electron chi connectivity index (χ1n) is 4.74. The van der Waals surface area contributed by atoms with Crippen molar-refractivity contribution in [1.82, 2.24) is 9.62 Å². The summed E-state index contributed by atoms with van der Waals surface area (Å²) in [6, 6.07) is 8.69. The first-order valence-corrected chi connectivity index (χ1v) is 6.59. The summed E-state index contributed by atoms with van der Waals surface area (Å²) in [7, 11) is 0. The molecule has 1 N–H and O–H groups in total. The molecule has 0 aromatic heterocycles. The van der Waals surface area contributed by atoms with Gasteiger partial charge < -0.3 is 5.32 Å². The Morgan fingerprint density at radius 2 is 1.79 bits per heavy atom. The summed E-state index contributed by atoms with van der Waals surface area (Å²) >= 11 is 4.20. The van der Waals surface area contributed by atoms with Gasteiger partial charge in [-0.05, 0) is 58.8 Å². The first-order chi connectivity index (χ1) is 6.84. The first kappa shape index (κ1) is 10.7. The largest absolute Gasteiger partial charge is 0.314 e. The van der Waals surface area contributed by atoms with Crippen LogP contribution in [0.15, 0.2) is 29.2 Å². The van der Waals surface area contributed by atoms with Crippen LogP contribution in [0.5, 0.6) is 0 Å². The fraction of sp³-hybridized carbons (Fsp3) is 0.400. The van der Waals surface area contributed by atoms with Gasteiger partial charge in [-0.15, -0.1) is 0 Å². The summed E-state index contributed by atoms with van der Waals surface area (Å²) in [5, 5.41) is 3.35. The van der Waals surface area contributed by atoms with E-state index in [4.69, 9.17) is 0 Å². The lowest BCUT2D eigenvalue weighted by atomic mass is 10.4. The number of piperazine rings is 1. The second-order valence-corrected chi connectivity index (χ2v) is 5.64. The number of halogens is 1. The minimum absolute atomic E-state index is 1.11. The Morgan fingerprint density at radius 1 is 1.14 bits per heavy atom. The van der Waals surface area contributed by atoms with Crippen LogP contribution in [-0.2, 0) is 0 Å². The van der Waals surface area contributed by atoms with Crippen molar-refractivity contribution in [2.24, 2.45) is 0 Å². The second kappa shape index (κ2) is 5.34. The summed E-state index contributed by atoms with van der Waals surface area (Å²) in [5.74, 6) is 0. The van der Waals surface area contributed by atoms with Gasteiger partial charge in [0.1, 0.15) is 0 Å². The van der Waals surface area contributed by atoms with E-state index >= 15 is 0 Å². The van der Waals surface area contributed by atoms with Gasteiger partial charge in [-0.1, -0.05) is 0 Å². The molecule has 1 aromatic carbocycles. The third-order valence-electron chi connectivity index (χ3n) is 2.12. The molecule has 1 aliphatic rings. The minimum Gasteiger partial charge on any atom is -0.314 e. The molecule has 1 aromatic rings. The molecule has 0 atom stereocenters. The average Bonchev–Trinajstić information content (AvgIpc) is 2.23. The van der Waals surface area contributed by atoms with Crippen LogP contribution in [0, 0.1) is 3.57 Å². The van der Waals surface area contributed by atoms with E-state index in [1.54, 1.807) is 0 Å². The highest BCUT2D eigenvalue weighted by Crippen LogP contribution is 2.23. The molecule has 1 heterocycles. The van der Waals surface area contributed by atoms with Crippen LogP contribution in [0.2, 0.25) is 0 Å². The molecule has 0 saturated carbocycles. The van der Waals surface area contributed by atoms with Crippen molar-refractivity contribution in [1.29, 1.82) is 0 Å². The summed E-state index contributed by atoms with van der Waals surface area (Å²) in [6.45, 7) is 4.49. The third-order valence-corrected chi connectivity index (χ3v) is 3.95. The van der Waals surface area contributed by atoms with Crippen LogP contribution in [-0.4, -0.2) is 30.5 Å². The van der Waals surface area contributed by atoms with Crippen molar-refractivity contribution in [2.75, 3.05) is 26.2 Å². The maximum Gasteiger partial charge on any atom is 0.0231 e. The lowest BCUT2D eigenvalue weighted by Crippen LogP contribution is -2.39. The Kier molecular flexibility index (Phi) is 4.10. The average molecular weight is 320 g/mol. The van der Waals surface area contributed by atoms with E-state index in [0.717, 1.165) is 26.2 Å². The monoisotopic (exact) mass is 320 g/mol. The molecule has 4 heteroatoms. The fourth-order valence-electron chi connectivity index (χ4n) is 1.38. The van der Waals surface area contributed by atoms with E-state index in [-0.39, 0.29) is 0 Å². The van der Waals surface area contributed by atoms with Crippen molar-refractivity contribution in [2.45, 2.75) is 4.90 Å². The molecule has 0 spiro atoms. The van der Waals surface area contributed by atoms with Crippen molar-refractivity contribution >= 4 is 34.5 Å². The van der Waals surface area contributed by atoms with Crippen LogP contribution in [0.4, 0.5) is 0 Å². The minimum atomic E-state index is 1.11. The predicted molar refractivity (Wildman–Crippen MR) is 69.5 cm³/mol. The van der Waals surface area contributed by atoms with Gasteiger partial charge in [0.05, 0.1) is 0 Å². The van der Waals surface area contributed by atoms with Gasteiger partial charge >= 0.3 is 0 Å². The molecule has 0 unspecified atom stereocenters. The Labute approximate surface area is 103 Å². The van der Waals surface area contributed by atoms with Gasteiger partial charge in [-0.2, -0.15) is 0 Å². The maximum absolute atomic E-state index is 3.35. The van der Waals surface area contributed by atoms with Crippen LogP contribution < -0.4 is 5.32 Å². The predicted octanol–water partition coefficient (Wildman–Crippen LogP) is 2.20. The van der Waals surface area contributed by atoms with Crippen molar-refractivity contribution in [3.05, 3.63) is 27.8 Å². The van der Waals surface area contributed by atoms with Gasteiger partial charge in [0, 0.05) is 34.6 Å².